The number of anilines is 1. The zero-order valence-corrected chi connectivity index (χ0v) is 14.6. The van der Waals surface area contributed by atoms with Gasteiger partial charge >= 0.3 is 6.18 Å². The minimum atomic E-state index is -4.63. The molecular weight excluding hydrogens is 365 g/mol. The number of carbonyl (C=O) groups is 2. The Labute approximate surface area is 152 Å². The van der Waals surface area contributed by atoms with Crippen molar-refractivity contribution < 1.29 is 22.8 Å². The highest BCUT2D eigenvalue weighted by molar-refractivity contribution is 5.93. The maximum Gasteiger partial charge on any atom is 0.417 e. The summed E-state index contributed by atoms with van der Waals surface area (Å²) in [6, 6.07) is 4.78. The molecule has 0 unspecified atom stereocenters. The normalized spacial score (nSPS) is 11.1. The van der Waals surface area contributed by atoms with Crippen LogP contribution in [0.2, 0.25) is 0 Å². The summed E-state index contributed by atoms with van der Waals surface area (Å²) in [7, 11) is 1.31. The molecule has 0 atom stereocenters. The van der Waals surface area contributed by atoms with Gasteiger partial charge < -0.3 is 14.8 Å². The number of hydrogen-bond acceptors (Lipinski definition) is 4. The smallest absolute Gasteiger partial charge is 0.335 e. The van der Waals surface area contributed by atoms with Gasteiger partial charge in [-0.2, -0.15) is 13.2 Å². The lowest BCUT2D eigenvalue weighted by Gasteiger charge is -2.18. The predicted octanol–water partition coefficient (Wildman–Crippen LogP) is 1.67. The minimum absolute atomic E-state index is 0.315. The quantitative estimate of drug-likeness (QED) is 0.853. The zero-order valence-electron chi connectivity index (χ0n) is 14.6. The molecule has 2 aromatic rings. The lowest BCUT2D eigenvalue weighted by atomic mass is 10.2. The summed E-state index contributed by atoms with van der Waals surface area (Å²) >= 11 is 0. The van der Waals surface area contributed by atoms with Crippen molar-refractivity contribution in [1.82, 2.24) is 14.5 Å². The average molecular weight is 382 g/mol. The highest BCUT2D eigenvalue weighted by Crippen LogP contribution is 2.27. The second-order valence-corrected chi connectivity index (χ2v) is 5.90. The molecule has 2 amide bonds. The molecule has 144 valence electrons. The van der Waals surface area contributed by atoms with Crippen molar-refractivity contribution in [2.24, 2.45) is 0 Å². The molecule has 10 heteroatoms. The van der Waals surface area contributed by atoms with Crippen LogP contribution in [0, 0.1) is 6.92 Å². The number of alkyl halides is 3. The van der Waals surface area contributed by atoms with Gasteiger partial charge in [-0.05, 0) is 30.7 Å². The van der Waals surface area contributed by atoms with Crippen LogP contribution in [-0.2, 0) is 22.3 Å². The molecule has 0 aliphatic rings. The molecule has 2 aromatic heterocycles. The largest absolute Gasteiger partial charge is 0.417 e. The number of rotatable bonds is 5. The lowest BCUT2D eigenvalue weighted by Crippen LogP contribution is -2.38. The highest BCUT2D eigenvalue weighted by atomic mass is 19.4. The third-order valence-electron chi connectivity index (χ3n) is 3.61. The van der Waals surface area contributed by atoms with Gasteiger partial charge in [-0.25, -0.2) is 4.98 Å². The molecule has 0 saturated heterocycles. The first-order chi connectivity index (χ1) is 12.6. The molecule has 0 spiro atoms. The van der Waals surface area contributed by atoms with E-state index >= 15 is 0 Å². The number of aryl methyl sites for hydroxylation is 1. The van der Waals surface area contributed by atoms with E-state index in [0.717, 1.165) is 16.5 Å². The van der Waals surface area contributed by atoms with Crippen LogP contribution >= 0.6 is 0 Å². The maximum absolute atomic E-state index is 12.7. The number of amides is 2. The van der Waals surface area contributed by atoms with Crippen LogP contribution in [0.4, 0.5) is 19.0 Å². The molecule has 0 aliphatic heterocycles. The monoisotopic (exact) mass is 382 g/mol. The van der Waals surface area contributed by atoms with E-state index in [1.807, 2.05) is 6.92 Å². The van der Waals surface area contributed by atoms with Crippen molar-refractivity contribution in [3.05, 3.63) is 58.1 Å². The molecule has 2 heterocycles. The molecule has 7 nitrogen and oxygen atoms in total. The zero-order chi connectivity index (χ0) is 20.2. The summed E-state index contributed by atoms with van der Waals surface area (Å²) in [6.07, 6.45) is -2.55. The van der Waals surface area contributed by atoms with Crippen LogP contribution in [0.3, 0.4) is 0 Å². The topological polar surface area (TPSA) is 84.3 Å². The van der Waals surface area contributed by atoms with Crippen molar-refractivity contribution >= 4 is 17.6 Å². The summed E-state index contributed by atoms with van der Waals surface area (Å²) in [5.74, 6) is -0.904. The van der Waals surface area contributed by atoms with Crippen LogP contribution in [-0.4, -0.2) is 39.9 Å². The Morgan fingerprint density at radius 2 is 1.96 bits per heavy atom. The van der Waals surface area contributed by atoms with Gasteiger partial charge in [-0.15, -0.1) is 0 Å². The SMILES string of the molecule is Cc1ccnc(NC(=O)CN(C)C(=O)Cn2cc(C(F)(F)F)ccc2=O)c1. The summed E-state index contributed by atoms with van der Waals surface area (Å²) in [6.45, 7) is 0.858. The number of nitrogens with one attached hydrogen (secondary N) is 1. The predicted molar refractivity (Wildman–Crippen MR) is 90.9 cm³/mol. The van der Waals surface area contributed by atoms with Crippen molar-refractivity contribution in [1.29, 1.82) is 0 Å². The first-order valence-electron chi connectivity index (χ1n) is 7.80. The van der Waals surface area contributed by atoms with E-state index in [1.165, 1.54) is 13.2 Å². The van der Waals surface area contributed by atoms with Crippen LogP contribution in [0.5, 0.6) is 0 Å². The number of aromatic nitrogens is 2. The van der Waals surface area contributed by atoms with E-state index in [0.29, 0.717) is 22.6 Å². The number of carbonyl (C=O) groups excluding carboxylic acids is 2. The molecule has 27 heavy (non-hydrogen) atoms. The van der Waals surface area contributed by atoms with Gasteiger partial charge in [-0.1, -0.05) is 0 Å². The van der Waals surface area contributed by atoms with Crippen molar-refractivity contribution in [2.45, 2.75) is 19.6 Å². The van der Waals surface area contributed by atoms with Crippen LogP contribution < -0.4 is 10.9 Å². The molecule has 0 radical (unpaired) electrons. The molecule has 0 saturated carbocycles. The van der Waals surface area contributed by atoms with Gasteiger partial charge in [0.1, 0.15) is 12.4 Å². The molecule has 2 rings (SSSR count). The van der Waals surface area contributed by atoms with Gasteiger partial charge in [0.05, 0.1) is 12.1 Å². The standard InChI is InChI=1S/C17H17F3N4O3/c1-11-5-6-21-13(7-11)22-14(25)9-23(2)16(27)10-24-8-12(17(18,19)20)3-4-15(24)26/h3-8H,9-10H2,1-2H3,(H,21,22,25). The Kier molecular flexibility index (Phi) is 5.98. The van der Waals surface area contributed by atoms with Crippen molar-refractivity contribution in [3.8, 4) is 0 Å². The lowest BCUT2D eigenvalue weighted by molar-refractivity contribution is -0.138. The Hall–Kier alpha value is -3.17. The van der Waals surface area contributed by atoms with E-state index in [4.69, 9.17) is 0 Å². The summed E-state index contributed by atoms with van der Waals surface area (Å²) < 4.78 is 38.9. The second kappa shape index (κ2) is 8.02. The first kappa shape index (κ1) is 20.1. The van der Waals surface area contributed by atoms with E-state index in [9.17, 15) is 27.6 Å². The Bertz CT molecular complexity index is 909. The van der Waals surface area contributed by atoms with Crippen molar-refractivity contribution in [3.63, 3.8) is 0 Å². The molecular formula is C17H17F3N4O3. The third kappa shape index (κ3) is 5.66. The minimum Gasteiger partial charge on any atom is -0.335 e. The first-order valence-corrected chi connectivity index (χ1v) is 7.80. The van der Waals surface area contributed by atoms with E-state index < -0.39 is 35.7 Å². The Balaban J connectivity index is 2.01. The second-order valence-electron chi connectivity index (χ2n) is 5.90. The number of pyridine rings is 2. The Morgan fingerprint density at radius 3 is 2.59 bits per heavy atom. The number of halogens is 3. The molecule has 0 aromatic carbocycles. The van der Waals surface area contributed by atoms with Gasteiger partial charge in [0, 0.05) is 25.5 Å². The fraction of sp³-hybridized carbons (Fsp3) is 0.294. The molecule has 1 N–H and O–H groups in total. The third-order valence-corrected chi connectivity index (χ3v) is 3.61. The van der Waals surface area contributed by atoms with Gasteiger partial charge in [-0.3, -0.25) is 14.4 Å². The number of likely N-dealkylation sites (N-methyl/N-ethyl adjacent to an activating group) is 1. The average Bonchev–Trinajstić information content (AvgIpc) is 2.55. The number of hydrogen-bond donors (Lipinski definition) is 1. The van der Waals surface area contributed by atoms with Crippen LogP contribution in [0.15, 0.2) is 41.5 Å². The highest BCUT2D eigenvalue weighted by Gasteiger charge is 2.31. The van der Waals surface area contributed by atoms with Crippen LogP contribution in [0.1, 0.15) is 11.1 Å². The Morgan fingerprint density at radius 1 is 1.26 bits per heavy atom. The summed E-state index contributed by atoms with van der Waals surface area (Å²) in [5.41, 5.74) is -0.910. The summed E-state index contributed by atoms with van der Waals surface area (Å²) in [4.78, 5) is 40.8. The van der Waals surface area contributed by atoms with E-state index in [-0.39, 0.29) is 6.54 Å². The van der Waals surface area contributed by atoms with E-state index in [1.54, 1.807) is 12.1 Å². The van der Waals surface area contributed by atoms with Gasteiger partial charge in [0.25, 0.3) is 5.56 Å². The molecule has 0 bridgehead atoms. The van der Waals surface area contributed by atoms with Gasteiger partial charge in [0.2, 0.25) is 11.8 Å². The van der Waals surface area contributed by atoms with Crippen molar-refractivity contribution in [2.75, 3.05) is 18.9 Å². The van der Waals surface area contributed by atoms with Gasteiger partial charge in [0.15, 0.2) is 0 Å². The number of nitrogens with zero attached hydrogens (tertiary/aromatic N) is 3. The molecule has 0 aliphatic carbocycles. The van der Waals surface area contributed by atoms with Crippen LogP contribution in [0.25, 0.3) is 0 Å². The van der Waals surface area contributed by atoms with E-state index in [2.05, 4.69) is 10.3 Å². The summed E-state index contributed by atoms with van der Waals surface area (Å²) in [5, 5.41) is 2.51. The fourth-order valence-corrected chi connectivity index (χ4v) is 2.18. The maximum atomic E-state index is 12.7. The fourth-order valence-electron chi connectivity index (χ4n) is 2.18. The molecule has 0 fully saturated rings.